The van der Waals surface area contributed by atoms with E-state index >= 15 is 0 Å². The molecular weight excluding hydrogens is 252 g/mol. The maximum absolute atomic E-state index is 11.5. The maximum Gasteiger partial charge on any atom is 0.321 e. The van der Waals surface area contributed by atoms with E-state index in [-0.39, 0.29) is 18.6 Å². The van der Waals surface area contributed by atoms with E-state index in [0.29, 0.717) is 18.1 Å². The second-order valence-electron chi connectivity index (χ2n) is 4.20. The number of carbonyl (C=O) groups excluding carboxylic acids is 1. The second-order valence-corrected chi connectivity index (χ2v) is 5.27. The molecule has 1 atom stereocenters. The van der Waals surface area contributed by atoms with Crippen molar-refractivity contribution in [3.05, 3.63) is 5.01 Å². The number of amides is 2. The van der Waals surface area contributed by atoms with Gasteiger partial charge in [0.05, 0.1) is 0 Å². The van der Waals surface area contributed by atoms with Crippen molar-refractivity contribution >= 4 is 22.5 Å². The van der Waals surface area contributed by atoms with Gasteiger partial charge in [-0.15, -0.1) is 10.2 Å². The molecule has 0 radical (unpaired) electrons. The van der Waals surface area contributed by atoms with Crippen molar-refractivity contribution in [1.29, 1.82) is 0 Å². The van der Waals surface area contributed by atoms with Gasteiger partial charge in [-0.3, -0.25) is 5.32 Å². The fourth-order valence-corrected chi connectivity index (χ4v) is 2.19. The van der Waals surface area contributed by atoms with Gasteiger partial charge in [0.25, 0.3) is 0 Å². The molecular formula is C11H20N4O2S. The summed E-state index contributed by atoms with van der Waals surface area (Å²) in [5.41, 5.74) is 0. The zero-order valence-corrected chi connectivity index (χ0v) is 11.6. The molecule has 2 amide bonds. The fraction of sp³-hybridized carbons (Fsp3) is 0.727. The molecule has 6 nitrogen and oxygen atoms in total. The molecule has 0 fully saturated rings. The molecule has 0 aromatic carbocycles. The number of nitrogens with zero attached hydrogens (tertiary/aromatic N) is 2. The molecule has 0 spiro atoms. The fourth-order valence-electron chi connectivity index (χ4n) is 1.35. The van der Waals surface area contributed by atoms with Gasteiger partial charge in [-0.2, -0.15) is 0 Å². The Balaban J connectivity index is 2.30. The maximum atomic E-state index is 11.5. The molecule has 0 saturated carbocycles. The third kappa shape index (κ3) is 5.42. The lowest BCUT2D eigenvalue weighted by Crippen LogP contribution is -2.32. The molecule has 18 heavy (non-hydrogen) atoms. The van der Waals surface area contributed by atoms with Crippen molar-refractivity contribution in [3.63, 3.8) is 0 Å². The van der Waals surface area contributed by atoms with Crippen molar-refractivity contribution in [1.82, 2.24) is 15.5 Å². The number of aliphatic hydroxyl groups is 1. The molecule has 1 heterocycles. The molecule has 0 aliphatic heterocycles. The Morgan fingerprint density at radius 3 is 2.94 bits per heavy atom. The molecule has 0 bridgehead atoms. The highest BCUT2D eigenvalue weighted by molar-refractivity contribution is 7.15. The number of nitrogens with one attached hydrogen (secondary N) is 2. The lowest BCUT2D eigenvalue weighted by Gasteiger charge is -2.10. The van der Waals surface area contributed by atoms with Crippen molar-refractivity contribution < 1.29 is 9.90 Å². The summed E-state index contributed by atoms with van der Waals surface area (Å²) in [6, 6.07) is -0.279. The van der Waals surface area contributed by atoms with Crippen LogP contribution in [-0.4, -0.2) is 34.5 Å². The smallest absolute Gasteiger partial charge is 0.321 e. The van der Waals surface area contributed by atoms with Crippen LogP contribution >= 0.6 is 11.3 Å². The van der Waals surface area contributed by atoms with Crippen LogP contribution < -0.4 is 10.6 Å². The van der Waals surface area contributed by atoms with Gasteiger partial charge in [-0.1, -0.05) is 25.2 Å². The number of rotatable bonds is 7. The molecule has 1 aromatic rings. The van der Waals surface area contributed by atoms with Crippen LogP contribution in [0.4, 0.5) is 9.93 Å². The average molecular weight is 272 g/mol. The quantitative estimate of drug-likeness (QED) is 0.704. The highest BCUT2D eigenvalue weighted by Gasteiger charge is 2.08. The van der Waals surface area contributed by atoms with Crippen LogP contribution in [-0.2, 0) is 6.42 Å². The van der Waals surface area contributed by atoms with Crippen molar-refractivity contribution in [2.45, 2.75) is 33.1 Å². The normalized spacial score (nSPS) is 12.2. The zero-order chi connectivity index (χ0) is 13.4. The highest BCUT2D eigenvalue weighted by atomic mass is 32.1. The van der Waals surface area contributed by atoms with Gasteiger partial charge in [-0.05, 0) is 18.8 Å². The molecule has 102 valence electrons. The summed E-state index contributed by atoms with van der Waals surface area (Å²) in [7, 11) is 0. The predicted molar refractivity (Wildman–Crippen MR) is 71.8 cm³/mol. The van der Waals surface area contributed by atoms with Crippen LogP contribution in [0.5, 0.6) is 0 Å². The highest BCUT2D eigenvalue weighted by Crippen LogP contribution is 2.16. The zero-order valence-electron chi connectivity index (χ0n) is 10.8. The number of aliphatic hydroxyl groups excluding tert-OH is 1. The van der Waals surface area contributed by atoms with Crippen molar-refractivity contribution in [3.8, 4) is 0 Å². The Kier molecular flexibility index (Phi) is 6.59. The van der Waals surface area contributed by atoms with Crippen LogP contribution in [0, 0.1) is 5.92 Å². The van der Waals surface area contributed by atoms with E-state index in [4.69, 9.17) is 5.11 Å². The molecule has 0 aliphatic carbocycles. The van der Waals surface area contributed by atoms with E-state index in [0.717, 1.165) is 17.8 Å². The molecule has 7 heteroatoms. The number of aromatic nitrogens is 2. The molecule has 1 aromatic heterocycles. The van der Waals surface area contributed by atoms with Gasteiger partial charge >= 0.3 is 6.03 Å². The number of urea groups is 1. The largest absolute Gasteiger partial charge is 0.396 e. The first-order valence-electron chi connectivity index (χ1n) is 6.13. The predicted octanol–water partition coefficient (Wildman–Crippen LogP) is 1.63. The summed E-state index contributed by atoms with van der Waals surface area (Å²) in [6.07, 6.45) is 2.58. The minimum absolute atomic E-state index is 0.140. The Bertz CT molecular complexity index is 370. The number of hydrogen-bond donors (Lipinski definition) is 3. The number of carbonyl (C=O) groups is 1. The van der Waals surface area contributed by atoms with E-state index in [1.54, 1.807) is 0 Å². The average Bonchev–Trinajstić information content (AvgIpc) is 2.75. The standard InChI is InChI=1S/C11H20N4O2S/c1-3-4-9-14-15-11(18-9)13-10(17)12-7-8(2)5-6-16/h8,16H,3-7H2,1-2H3,(H2,12,13,15,17). The summed E-state index contributed by atoms with van der Waals surface area (Å²) in [5.74, 6) is 0.255. The molecule has 1 rings (SSSR count). The Morgan fingerprint density at radius 2 is 2.28 bits per heavy atom. The van der Waals surface area contributed by atoms with Crippen molar-refractivity contribution in [2.24, 2.45) is 5.92 Å². The topological polar surface area (TPSA) is 87.1 Å². The minimum Gasteiger partial charge on any atom is -0.396 e. The van der Waals surface area contributed by atoms with E-state index < -0.39 is 0 Å². The third-order valence-electron chi connectivity index (χ3n) is 2.38. The first kappa shape index (κ1) is 14.8. The van der Waals surface area contributed by atoms with Crippen LogP contribution in [0.2, 0.25) is 0 Å². The summed E-state index contributed by atoms with van der Waals surface area (Å²) < 4.78 is 0. The molecule has 3 N–H and O–H groups in total. The number of hydrogen-bond acceptors (Lipinski definition) is 5. The summed E-state index contributed by atoms with van der Waals surface area (Å²) in [6.45, 7) is 4.72. The lowest BCUT2D eigenvalue weighted by molar-refractivity contribution is 0.243. The SMILES string of the molecule is CCCc1nnc(NC(=O)NCC(C)CCO)s1. The first-order valence-corrected chi connectivity index (χ1v) is 6.95. The molecule has 1 unspecified atom stereocenters. The van der Waals surface area contributed by atoms with Crippen LogP contribution in [0.3, 0.4) is 0 Å². The van der Waals surface area contributed by atoms with Crippen LogP contribution in [0.15, 0.2) is 0 Å². The van der Waals surface area contributed by atoms with Crippen LogP contribution in [0.1, 0.15) is 31.7 Å². The Labute approximate surface area is 111 Å². The van der Waals surface area contributed by atoms with Gasteiger partial charge in [-0.25, -0.2) is 4.79 Å². The van der Waals surface area contributed by atoms with Gasteiger partial charge in [0.2, 0.25) is 5.13 Å². The Hall–Kier alpha value is -1.21. The molecule has 0 saturated heterocycles. The van der Waals surface area contributed by atoms with Crippen LogP contribution in [0.25, 0.3) is 0 Å². The van der Waals surface area contributed by atoms with E-state index in [2.05, 4.69) is 27.8 Å². The number of aryl methyl sites for hydroxylation is 1. The lowest BCUT2D eigenvalue weighted by atomic mass is 10.1. The van der Waals surface area contributed by atoms with Gasteiger partial charge < -0.3 is 10.4 Å². The second kappa shape index (κ2) is 7.99. The van der Waals surface area contributed by atoms with Gasteiger partial charge in [0.15, 0.2) is 0 Å². The summed E-state index contributed by atoms with van der Waals surface area (Å²) in [5, 5.41) is 23.5. The number of anilines is 1. The Morgan fingerprint density at radius 1 is 1.50 bits per heavy atom. The van der Waals surface area contributed by atoms with E-state index in [1.165, 1.54) is 11.3 Å². The third-order valence-corrected chi connectivity index (χ3v) is 3.28. The van der Waals surface area contributed by atoms with E-state index in [9.17, 15) is 4.79 Å². The van der Waals surface area contributed by atoms with Gasteiger partial charge in [0.1, 0.15) is 5.01 Å². The van der Waals surface area contributed by atoms with Crippen molar-refractivity contribution in [2.75, 3.05) is 18.5 Å². The summed E-state index contributed by atoms with van der Waals surface area (Å²) >= 11 is 1.40. The van der Waals surface area contributed by atoms with Gasteiger partial charge in [0, 0.05) is 19.6 Å². The molecule has 0 aliphatic rings. The van der Waals surface area contributed by atoms with E-state index in [1.807, 2.05) is 6.92 Å². The minimum atomic E-state index is -0.279. The first-order chi connectivity index (χ1) is 8.65. The summed E-state index contributed by atoms with van der Waals surface area (Å²) in [4.78, 5) is 11.5. The monoisotopic (exact) mass is 272 g/mol.